The lowest BCUT2D eigenvalue weighted by molar-refractivity contribution is -0.0208. The fourth-order valence-electron chi connectivity index (χ4n) is 3.97. The number of rotatable bonds is 7. The summed E-state index contributed by atoms with van der Waals surface area (Å²) in [5.74, 6) is -4.23. The quantitative estimate of drug-likeness (QED) is 0.448. The molecule has 0 spiro atoms. The molecular weight excluding hydrogens is 472 g/mol. The van der Waals surface area contributed by atoms with Crippen LogP contribution in [0.25, 0.3) is 0 Å². The second-order valence-electron chi connectivity index (χ2n) is 8.87. The number of primary amides is 1. The van der Waals surface area contributed by atoms with Crippen LogP contribution in [0.5, 0.6) is 0 Å². The van der Waals surface area contributed by atoms with E-state index in [0.29, 0.717) is 11.3 Å². The number of carbonyl (C=O) groups is 2. The van der Waals surface area contributed by atoms with E-state index >= 15 is 0 Å². The fraction of sp³-hybridized carbons (Fsp3) is 0.348. The van der Waals surface area contributed by atoms with Gasteiger partial charge in [0.25, 0.3) is 17.7 Å². The third kappa shape index (κ3) is 5.67. The molecule has 1 aliphatic rings. The predicted molar refractivity (Wildman–Crippen MR) is 131 cm³/mol. The molecule has 0 aliphatic carbocycles. The molecule has 1 aromatic carbocycles. The van der Waals surface area contributed by atoms with Crippen LogP contribution in [0.4, 0.5) is 31.8 Å². The van der Waals surface area contributed by atoms with Gasteiger partial charge in [-0.3, -0.25) is 14.3 Å². The summed E-state index contributed by atoms with van der Waals surface area (Å²) in [6.45, 7) is -0.540. The van der Waals surface area contributed by atoms with E-state index in [0.717, 1.165) is 5.69 Å². The number of alkyl halides is 2. The third-order valence-electron chi connectivity index (χ3n) is 5.67. The van der Waals surface area contributed by atoms with E-state index in [1.165, 1.54) is 22.0 Å². The number of piperidine rings is 1. The molecule has 1 aliphatic heterocycles. The van der Waals surface area contributed by atoms with Gasteiger partial charge in [-0.15, -0.1) is 0 Å². The highest BCUT2D eigenvalue weighted by molar-refractivity contribution is 5.96. The monoisotopic (exact) mass is 499 g/mol. The Morgan fingerprint density at radius 1 is 1.19 bits per heavy atom. The van der Waals surface area contributed by atoms with Crippen molar-refractivity contribution in [2.75, 3.05) is 42.3 Å². The van der Waals surface area contributed by atoms with Gasteiger partial charge < -0.3 is 26.2 Å². The molecule has 1 fully saturated rings. The van der Waals surface area contributed by atoms with Crippen molar-refractivity contribution in [2.45, 2.75) is 18.4 Å². The zero-order valence-corrected chi connectivity index (χ0v) is 20.1. The van der Waals surface area contributed by atoms with E-state index in [4.69, 9.17) is 5.73 Å². The minimum absolute atomic E-state index is 0.0171. The van der Waals surface area contributed by atoms with E-state index < -0.39 is 36.7 Å². The number of halogens is 2. The van der Waals surface area contributed by atoms with Gasteiger partial charge in [-0.2, -0.15) is 5.10 Å². The molecular formula is C23H27F2N9O2. The maximum atomic E-state index is 14.7. The first-order valence-corrected chi connectivity index (χ1v) is 11.1. The van der Waals surface area contributed by atoms with E-state index in [9.17, 15) is 18.4 Å². The van der Waals surface area contributed by atoms with Gasteiger partial charge in [0.05, 0.1) is 30.7 Å². The Bertz CT molecular complexity index is 1260. The van der Waals surface area contributed by atoms with Gasteiger partial charge in [-0.25, -0.2) is 18.7 Å². The standard InChI is InChI=1S/C23H27F2N9O2/c1-32(2)17-6-4-14(5-7-17)22(36)30-15-8-23(24,25)13-34(12-15)18-10-27-19(20(26)35)21(31-18)29-16-9-28-33(3)11-16/h4-7,9-11,15H,8,12-13H2,1-3H3,(H2,26,35)(H,29,31)(H,30,36)/t15-/m1/s1. The van der Waals surface area contributed by atoms with Crippen molar-refractivity contribution in [1.29, 1.82) is 0 Å². The SMILES string of the molecule is CN(C)c1ccc(C(=O)N[C@H]2CN(c3cnc(C(N)=O)c(Nc4cnn(C)c4)n3)CC(F)(F)C2)cc1. The summed E-state index contributed by atoms with van der Waals surface area (Å²) in [6, 6.07) is 6.01. The van der Waals surface area contributed by atoms with Gasteiger partial charge in [0.15, 0.2) is 11.5 Å². The lowest BCUT2D eigenvalue weighted by Crippen LogP contribution is -2.55. The zero-order valence-electron chi connectivity index (χ0n) is 20.1. The fourth-order valence-corrected chi connectivity index (χ4v) is 3.97. The highest BCUT2D eigenvalue weighted by Crippen LogP contribution is 2.31. The molecule has 190 valence electrons. The molecule has 0 saturated carbocycles. The highest BCUT2D eigenvalue weighted by Gasteiger charge is 2.41. The average Bonchev–Trinajstić information content (AvgIpc) is 3.22. The number of carbonyl (C=O) groups excluding carboxylic acids is 2. The Morgan fingerprint density at radius 2 is 1.92 bits per heavy atom. The van der Waals surface area contributed by atoms with Crippen LogP contribution in [0.15, 0.2) is 42.9 Å². The molecule has 13 heteroatoms. The van der Waals surface area contributed by atoms with Gasteiger partial charge in [0.2, 0.25) is 0 Å². The summed E-state index contributed by atoms with van der Waals surface area (Å²) in [7, 11) is 5.47. The number of nitrogens with one attached hydrogen (secondary N) is 2. The molecule has 36 heavy (non-hydrogen) atoms. The van der Waals surface area contributed by atoms with Gasteiger partial charge in [0, 0.05) is 51.6 Å². The normalized spacial score (nSPS) is 16.9. The van der Waals surface area contributed by atoms with E-state index in [-0.39, 0.29) is 23.9 Å². The van der Waals surface area contributed by atoms with E-state index in [1.807, 2.05) is 19.0 Å². The van der Waals surface area contributed by atoms with Crippen LogP contribution in [-0.2, 0) is 7.05 Å². The molecule has 2 amide bonds. The molecule has 4 N–H and O–H groups in total. The molecule has 3 aromatic rings. The second kappa shape index (κ2) is 9.76. The first-order valence-electron chi connectivity index (χ1n) is 11.1. The van der Waals surface area contributed by atoms with Crippen molar-refractivity contribution in [2.24, 2.45) is 12.8 Å². The largest absolute Gasteiger partial charge is 0.378 e. The summed E-state index contributed by atoms with van der Waals surface area (Å²) in [5, 5.41) is 9.64. The predicted octanol–water partition coefficient (Wildman–Crippen LogP) is 1.76. The highest BCUT2D eigenvalue weighted by atomic mass is 19.3. The molecule has 1 atom stereocenters. The van der Waals surface area contributed by atoms with Crippen molar-refractivity contribution in [3.05, 3.63) is 54.1 Å². The molecule has 0 radical (unpaired) electrons. The maximum Gasteiger partial charge on any atom is 0.271 e. The molecule has 4 rings (SSSR count). The Labute approximate surface area is 206 Å². The Morgan fingerprint density at radius 3 is 2.53 bits per heavy atom. The number of nitrogens with two attached hydrogens (primary N) is 1. The minimum Gasteiger partial charge on any atom is -0.378 e. The van der Waals surface area contributed by atoms with Crippen molar-refractivity contribution in [3.63, 3.8) is 0 Å². The number of aromatic nitrogens is 4. The number of hydrogen-bond acceptors (Lipinski definition) is 8. The molecule has 0 unspecified atom stereocenters. The molecule has 1 saturated heterocycles. The molecule has 0 bridgehead atoms. The first kappa shape index (κ1) is 24.8. The number of anilines is 4. The zero-order chi connectivity index (χ0) is 26.0. The smallest absolute Gasteiger partial charge is 0.271 e. The minimum atomic E-state index is -3.09. The number of benzene rings is 1. The molecule has 3 heterocycles. The van der Waals surface area contributed by atoms with Crippen molar-refractivity contribution < 1.29 is 18.4 Å². The summed E-state index contributed by atoms with van der Waals surface area (Å²) >= 11 is 0. The summed E-state index contributed by atoms with van der Waals surface area (Å²) in [4.78, 5) is 36.2. The van der Waals surface area contributed by atoms with Crippen LogP contribution in [0, 0.1) is 0 Å². The number of nitrogens with zero attached hydrogens (tertiary/aromatic N) is 6. The van der Waals surface area contributed by atoms with Gasteiger partial charge in [-0.1, -0.05) is 0 Å². The number of aryl methyl sites for hydroxylation is 1. The van der Waals surface area contributed by atoms with Crippen LogP contribution < -0.4 is 26.2 Å². The van der Waals surface area contributed by atoms with E-state index in [1.54, 1.807) is 37.5 Å². The topological polar surface area (TPSA) is 134 Å². The maximum absolute atomic E-state index is 14.7. The van der Waals surface area contributed by atoms with Crippen LogP contribution in [-0.4, -0.2) is 70.7 Å². The lowest BCUT2D eigenvalue weighted by Gasteiger charge is -2.38. The Hall–Kier alpha value is -4.29. The molecule has 11 nitrogen and oxygen atoms in total. The summed E-state index contributed by atoms with van der Waals surface area (Å²) < 4.78 is 30.9. The van der Waals surface area contributed by atoms with Gasteiger partial charge in [0.1, 0.15) is 5.82 Å². The van der Waals surface area contributed by atoms with E-state index in [2.05, 4.69) is 25.7 Å². The Kier molecular flexibility index (Phi) is 6.73. The van der Waals surface area contributed by atoms with Gasteiger partial charge in [-0.05, 0) is 24.3 Å². The Balaban J connectivity index is 1.54. The van der Waals surface area contributed by atoms with Crippen molar-refractivity contribution in [1.82, 2.24) is 25.1 Å². The van der Waals surface area contributed by atoms with Crippen LogP contribution in [0.2, 0.25) is 0 Å². The number of amides is 2. The first-order chi connectivity index (χ1) is 17.0. The van der Waals surface area contributed by atoms with Crippen LogP contribution >= 0.6 is 0 Å². The van der Waals surface area contributed by atoms with Crippen LogP contribution in [0.3, 0.4) is 0 Å². The average molecular weight is 500 g/mol. The number of hydrogen-bond donors (Lipinski definition) is 3. The lowest BCUT2D eigenvalue weighted by atomic mass is 10.0. The molecule has 2 aromatic heterocycles. The third-order valence-corrected chi connectivity index (χ3v) is 5.67. The van der Waals surface area contributed by atoms with Crippen molar-refractivity contribution >= 4 is 34.8 Å². The second-order valence-corrected chi connectivity index (χ2v) is 8.87. The summed E-state index contributed by atoms with van der Waals surface area (Å²) in [5.41, 5.74) is 7.07. The van der Waals surface area contributed by atoms with Gasteiger partial charge >= 0.3 is 0 Å². The van der Waals surface area contributed by atoms with Crippen molar-refractivity contribution in [3.8, 4) is 0 Å². The van der Waals surface area contributed by atoms with Crippen LogP contribution in [0.1, 0.15) is 27.3 Å². The summed E-state index contributed by atoms with van der Waals surface area (Å²) in [6.07, 6.45) is 3.85.